The van der Waals surface area contributed by atoms with Gasteiger partial charge in [-0.05, 0) is 18.9 Å². The van der Waals surface area contributed by atoms with E-state index < -0.39 is 11.5 Å². The van der Waals surface area contributed by atoms with Crippen molar-refractivity contribution in [1.29, 1.82) is 0 Å². The molecule has 28 heavy (non-hydrogen) atoms. The molecule has 0 spiro atoms. The van der Waals surface area contributed by atoms with E-state index in [9.17, 15) is 14.7 Å². The predicted molar refractivity (Wildman–Crippen MR) is 108 cm³/mol. The first-order valence-electron chi connectivity index (χ1n) is 9.45. The molecule has 1 aromatic carbocycles. The molecule has 0 aliphatic heterocycles. The Kier molecular flexibility index (Phi) is 5.92. The molecule has 1 amide bonds. The number of hydrogen-bond acceptors (Lipinski definition) is 5. The first kappa shape index (κ1) is 19.8. The topological polar surface area (TPSA) is 89.8 Å². The van der Waals surface area contributed by atoms with Crippen LogP contribution < -0.4 is 20.3 Å². The maximum Gasteiger partial charge on any atom is 0.268 e. The van der Waals surface area contributed by atoms with Gasteiger partial charge in [0.1, 0.15) is 11.3 Å². The summed E-state index contributed by atoms with van der Waals surface area (Å²) in [6, 6.07) is 3.20. The van der Waals surface area contributed by atoms with Gasteiger partial charge in [-0.15, -0.1) is 6.58 Å². The molecular formula is C21H26N2O5. The molecule has 1 saturated carbocycles. The molecule has 150 valence electrons. The summed E-state index contributed by atoms with van der Waals surface area (Å²) in [5.74, 6) is -0.0859. The number of nitrogens with one attached hydrogen (secondary N) is 1. The van der Waals surface area contributed by atoms with Crippen molar-refractivity contribution in [3.8, 4) is 17.2 Å². The Morgan fingerprint density at radius 1 is 1.25 bits per heavy atom. The average molecular weight is 386 g/mol. The lowest BCUT2D eigenvalue weighted by Crippen LogP contribution is -2.40. The van der Waals surface area contributed by atoms with Crippen molar-refractivity contribution in [3.05, 3.63) is 40.7 Å². The van der Waals surface area contributed by atoms with Gasteiger partial charge in [0, 0.05) is 24.0 Å². The number of aromatic nitrogens is 1. The standard InChI is InChI=1S/C21H26N2O5/c1-4-10-23-15-12-17(28-3)16(27-2)11-14(15)19(24)18(21(23)26)20(25)22-13-8-6-5-7-9-13/h4,11-13,24H,1,5-10H2,2-3H3,(H,22,25). The molecule has 1 heterocycles. The highest BCUT2D eigenvalue weighted by Crippen LogP contribution is 2.36. The maximum atomic E-state index is 13.1. The van der Waals surface area contributed by atoms with Crippen LogP contribution in [-0.2, 0) is 6.54 Å². The number of benzene rings is 1. The Morgan fingerprint density at radius 2 is 1.89 bits per heavy atom. The van der Waals surface area contributed by atoms with Gasteiger partial charge in [0.05, 0.1) is 19.7 Å². The SMILES string of the molecule is C=CCn1c(=O)c(C(=O)NC2CCCCC2)c(O)c2cc(OC)c(OC)cc21. The second kappa shape index (κ2) is 8.37. The number of rotatable bonds is 6. The normalized spacial score (nSPS) is 14.6. The van der Waals surface area contributed by atoms with Gasteiger partial charge in [-0.2, -0.15) is 0 Å². The van der Waals surface area contributed by atoms with E-state index in [4.69, 9.17) is 9.47 Å². The summed E-state index contributed by atoms with van der Waals surface area (Å²) in [5.41, 5.74) is -0.383. The molecule has 1 aromatic heterocycles. The molecule has 0 saturated heterocycles. The van der Waals surface area contributed by atoms with Crippen LogP contribution in [0.2, 0.25) is 0 Å². The minimum Gasteiger partial charge on any atom is -0.506 e. The van der Waals surface area contributed by atoms with E-state index in [1.807, 2.05) is 0 Å². The zero-order valence-electron chi connectivity index (χ0n) is 16.3. The van der Waals surface area contributed by atoms with Crippen molar-refractivity contribution in [1.82, 2.24) is 9.88 Å². The number of hydrogen-bond donors (Lipinski definition) is 2. The molecule has 2 N–H and O–H groups in total. The van der Waals surface area contributed by atoms with Crippen molar-refractivity contribution >= 4 is 16.8 Å². The van der Waals surface area contributed by atoms with Crippen molar-refractivity contribution in [2.45, 2.75) is 44.7 Å². The number of ether oxygens (including phenoxy) is 2. The van der Waals surface area contributed by atoms with Crippen molar-refractivity contribution < 1.29 is 19.4 Å². The molecule has 0 radical (unpaired) electrons. The summed E-state index contributed by atoms with van der Waals surface area (Å²) < 4.78 is 12.0. The fourth-order valence-corrected chi connectivity index (χ4v) is 3.78. The molecule has 0 unspecified atom stereocenters. The number of aromatic hydroxyl groups is 1. The van der Waals surface area contributed by atoms with Crippen LogP contribution >= 0.6 is 0 Å². The second-order valence-electron chi connectivity index (χ2n) is 6.96. The number of allylic oxidation sites excluding steroid dienone is 1. The summed E-state index contributed by atoms with van der Waals surface area (Å²) in [6.45, 7) is 3.88. The van der Waals surface area contributed by atoms with E-state index in [0.717, 1.165) is 32.1 Å². The molecule has 7 heteroatoms. The van der Waals surface area contributed by atoms with E-state index in [1.165, 1.54) is 18.8 Å². The van der Waals surface area contributed by atoms with E-state index in [0.29, 0.717) is 22.4 Å². The van der Waals surface area contributed by atoms with Crippen LogP contribution in [0, 0.1) is 0 Å². The number of methoxy groups -OCH3 is 2. The van der Waals surface area contributed by atoms with Gasteiger partial charge in [0.2, 0.25) is 0 Å². The highest BCUT2D eigenvalue weighted by molar-refractivity contribution is 6.03. The summed E-state index contributed by atoms with van der Waals surface area (Å²) in [5, 5.41) is 14.1. The van der Waals surface area contributed by atoms with Crippen LogP contribution in [0.5, 0.6) is 17.2 Å². The van der Waals surface area contributed by atoms with Crippen LogP contribution in [0.1, 0.15) is 42.5 Å². The monoisotopic (exact) mass is 386 g/mol. The average Bonchev–Trinajstić information content (AvgIpc) is 2.71. The molecule has 3 rings (SSSR count). The Labute approximate surface area is 163 Å². The van der Waals surface area contributed by atoms with Gasteiger partial charge >= 0.3 is 0 Å². The van der Waals surface area contributed by atoms with Crippen LogP contribution in [-0.4, -0.2) is 35.8 Å². The number of pyridine rings is 1. The van der Waals surface area contributed by atoms with Gasteiger partial charge in [-0.3, -0.25) is 9.59 Å². The number of nitrogens with zero attached hydrogens (tertiary/aromatic N) is 1. The minimum atomic E-state index is -0.564. The quantitative estimate of drug-likeness (QED) is 0.745. The summed E-state index contributed by atoms with van der Waals surface area (Å²) in [7, 11) is 2.97. The van der Waals surface area contributed by atoms with Crippen molar-refractivity contribution in [3.63, 3.8) is 0 Å². The van der Waals surface area contributed by atoms with Crippen LogP contribution in [0.4, 0.5) is 0 Å². The predicted octanol–water partition coefficient (Wildman–Crippen LogP) is 2.97. The summed E-state index contributed by atoms with van der Waals surface area (Å²) >= 11 is 0. The largest absolute Gasteiger partial charge is 0.506 e. The van der Waals surface area contributed by atoms with E-state index in [2.05, 4.69) is 11.9 Å². The van der Waals surface area contributed by atoms with Crippen LogP contribution in [0.3, 0.4) is 0 Å². The fraction of sp³-hybridized carbons (Fsp3) is 0.429. The summed E-state index contributed by atoms with van der Waals surface area (Å²) in [6.07, 6.45) is 6.58. The van der Waals surface area contributed by atoms with E-state index >= 15 is 0 Å². The third-order valence-corrected chi connectivity index (χ3v) is 5.22. The minimum absolute atomic E-state index is 0.0222. The molecule has 1 aliphatic rings. The lowest BCUT2D eigenvalue weighted by Gasteiger charge is -2.23. The molecule has 0 atom stereocenters. The van der Waals surface area contributed by atoms with Crippen LogP contribution in [0.15, 0.2) is 29.6 Å². The van der Waals surface area contributed by atoms with Gasteiger partial charge in [0.15, 0.2) is 11.5 Å². The van der Waals surface area contributed by atoms with E-state index in [1.54, 1.807) is 18.2 Å². The smallest absolute Gasteiger partial charge is 0.268 e. The third-order valence-electron chi connectivity index (χ3n) is 5.22. The highest BCUT2D eigenvalue weighted by atomic mass is 16.5. The second-order valence-corrected chi connectivity index (χ2v) is 6.96. The molecular weight excluding hydrogens is 360 g/mol. The number of carbonyl (C=O) groups excluding carboxylic acids is 1. The molecule has 0 bridgehead atoms. The molecule has 1 fully saturated rings. The number of amides is 1. The van der Waals surface area contributed by atoms with Crippen LogP contribution in [0.25, 0.3) is 10.9 Å². The molecule has 2 aromatic rings. The Balaban J connectivity index is 2.17. The first-order valence-corrected chi connectivity index (χ1v) is 9.45. The van der Waals surface area contributed by atoms with Crippen molar-refractivity contribution in [2.24, 2.45) is 0 Å². The zero-order chi connectivity index (χ0) is 20.3. The third kappa shape index (κ3) is 3.56. The molecule has 1 aliphatic carbocycles. The van der Waals surface area contributed by atoms with Gasteiger partial charge in [-0.25, -0.2) is 0 Å². The van der Waals surface area contributed by atoms with Crippen molar-refractivity contribution in [2.75, 3.05) is 14.2 Å². The zero-order valence-corrected chi connectivity index (χ0v) is 16.3. The van der Waals surface area contributed by atoms with Gasteiger partial charge in [-0.1, -0.05) is 25.3 Å². The summed E-state index contributed by atoms with van der Waals surface area (Å²) in [4.78, 5) is 25.9. The first-order chi connectivity index (χ1) is 13.5. The number of fused-ring (bicyclic) bond motifs is 1. The lowest BCUT2D eigenvalue weighted by atomic mass is 9.95. The maximum absolute atomic E-state index is 13.1. The highest BCUT2D eigenvalue weighted by Gasteiger charge is 2.25. The fourth-order valence-electron chi connectivity index (χ4n) is 3.78. The lowest BCUT2D eigenvalue weighted by molar-refractivity contribution is 0.0923. The van der Waals surface area contributed by atoms with E-state index in [-0.39, 0.29) is 23.9 Å². The Hall–Kier alpha value is -2.96. The number of carbonyl (C=O) groups is 1. The Bertz CT molecular complexity index is 958. The van der Waals surface area contributed by atoms with Gasteiger partial charge in [0.25, 0.3) is 11.5 Å². The molecule has 7 nitrogen and oxygen atoms in total. The Morgan fingerprint density at radius 3 is 2.50 bits per heavy atom. The van der Waals surface area contributed by atoms with Gasteiger partial charge < -0.3 is 24.5 Å².